The second-order valence-corrected chi connectivity index (χ2v) is 4.60. The Labute approximate surface area is 96.9 Å². The predicted molar refractivity (Wildman–Crippen MR) is 69.5 cm³/mol. The van der Waals surface area contributed by atoms with Gasteiger partial charge in [0.05, 0.1) is 5.69 Å². The number of thioether (sulfide) groups is 1. The maximum atomic E-state index is 4.55. The number of nitrogens with one attached hydrogen (secondary N) is 1. The molecule has 0 radical (unpaired) electrons. The van der Waals surface area contributed by atoms with Crippen LogP contribution in [0.15, 0.2) is 18.2 Å². The molecule has 1 rings (SSSR count). The number of nitrogens with zero attached hydrogens (tertiary/aromatic N) is 1. The van der Waals surface area contributed by atoms with Crippen molar-refractivity contribution in [2.45, 2.75) is 32.4 Å². The first-order chi connectivity index (χ1) is 7.36. The summed E-state index contributed by atoms with van der Waals surface area (Å²) in [6.45, 7) is 5.37. The maximum Gasteiger partial charge on any atom is 0.126 e. The predicted octanol–water partition coefficient (Wildman–Crippen LogP) is 3.55. The van der Waals surface area contributed by atoms with Gasteiger partial charge in [-0.3, -0.25) is 0 Å². The first-order valence-corrected chi connectivity index (χ1v) is 6.79. The topological polar surface area (TPSA) is 24.9 Å². The molecular formula is C12H20N2S. The van der Waals surface area contributed by atoms with Gasteiger partial charge in [-0.2, -0.15) is 11.8 Å². The Hall–Kier alpha value is -0.700. The Kier molecular flexibility index (Phi) is 6.25. The Balaban J connectivity index is 2.42. The molecule has 84 valence electrons. The summed E-state index contributed by atoms with van der Waals surface area (Å²) in [5, 5.41) is 3.30. The van der Waals surface area contributed by atoms with Gasteiger partial charge in [0, 0.05) is 12.3 Å². The summed E-state index contributed by atoms with van der Waals surface area (Å²) in [4.78, 5) is 4.55. The monoisotopic (exact) mass is 224 g/mol. The van der Waals surface area contributed by atoms with Crippen LogP contribution < -0.4 is 5.32 Å². The average molecular weight is 224 g/mol. The van der Waals surface area contributed by atoms with E-state index in [1.165, 1.54) is 17.9 Å². The zero-order chi connectivity index (χ0) is 10.9. The second kappa shape index (κ2) is 7.57. The Morgan fingerprint density at radius 3 is 2.87 bits per heavy atom. The van der Waals surface area contributed by atoms with Crippen LogP contribution in [0.25, 0.3) is 0 Å². The fourth-order valence-corrected chi connectivity index (χ4v) is 2.04. The van der Waals surface area contributed by atoms with Crippen LogP contribution >= 0.6 is 11.8 Å². The van der Waals surface area contributed by atoms with Crippen LogP contribution in [0.1, 0.15) is 32.4 Å². The van der Waals surface area contributed by atoms with Crippen molar-refractivity contribution >= 4 is 17.6 Å². The molecule has 0 aromatic carbocycles. The van der Waals surface area contributed by atoms with E-state index in [4.69, 9.17) is 0 Å². The van der Waals surface area contributed by atoms with Gasteiger partial charge in [0.1, 0.15) is 5.82 Å². The van der Waals surface area contributed by atoms with E-state index in [0.29, 0.717) is 0 Å². The molecule has 3 heteroatoms. The van der Waals surface area contributed by atoms with Crippen molar-refractivity contribution in [3.63, 3.8) is 0 Å². The van der Waals surface area contributed by atoms with Crippen molar-refractivity contribution in [3.8, 4) is 0 Å². The van der Waals surface area contributed by atoms with E-state index in [-0.39, 0.29) is 0 Å². The summed E-state index contributed by atoms with van der Waals surface area (Å²) in [6.07, 6.45) is 2.37. The van der Waals surface area contributed by atoms with Crippen LogP contribution in [0.3, 0.4) is 0 Å². The molecule has 0 amide bonds. The molecule has 0 aliphatic carbocycles. The van der Waals surface area contributed by atoms with Crippen LogP contribution in [0.2, 0.25) is 0 Å². The highest BCUT2D eigenvalue weighted by atomic mass is 32.2. The van der Waals surface area contributed by atoms with Crippen molar-refractivity contribution in [1.29, 1.82) is 0 Å². The number of aromatic nitrogens is 1. The zero-order valence-electron chi connectivity index (χ0n) is 9.62. The van der Waals surface area contributed by atoms with Crippen molar-refractivity contribution in [2.75, 3.05) is 17.6 Å². The Morgan fingerprint density at radius 1 is 1.27 bits per heavy atom. The molecule has 0 fully saturated rings. The summed E-state index contributed by atoms with van der Waals surface area (Å²) < 4.78 is 0. The van der Waals surface area contributed by atoms with Gasteiger partial charge in [0.2, 0.25) is 0 Å². The van der Waals surface area contributed by atoms with E-state index in [0.717, 1.165) is 24.5 Å². The number of hydrogen-bond donors (Lipinski definition) is 1. The van der Waals surface area contributed by atoms with Crippen LogP contribution in [0.4, 0.5) is 5.82 Å². The normalized spacial score (nSPS) is 10.3. The summed E-state index contributed by atoms with van der Waals surface area (Å²) in [7, 11) is 0. The number of hydrogen-bond acceptors (Lipinski definition) is 3. The van der Waals surface area contributed by atoms with E-state index in [9.17, 15) is 0 Å². The molecule has 0 aliphatic heterocycles. The molecule has 1 aromatic rings. The summed E-state index contributed by atoms with van der Waals surface area (Å²) >= 11 is 1.95. The fraction of sp³-hybridized carbons (Fsp3) is 0.583. The molecule has 0 unspecified atom stereocenters. The molecule has 1 heterocycles. The van der Waals surface area contributed by atoms with E-state index >= 15 is 0 Å². The molecule has 1 aromatic heterocycles. The molecule has 0 spiro atoms. The largest absolute Gasteiger partial charge is 0.370 e. The average Bonchev–Trinajstić information content (AvgIpc) is 2.27. The van der Waals surface area contributed by atoms with Crippen molar-refractivity contribution < 1.29 is 0 Å². The minimum atomic E-state index is 0.999. The summed E-state index contributed by atoms with van der Waals surface area (Å²) in [5.74, 6) is 3.25. The summed E-state index contributed by atoms with van der Waals surface area (Å²) in [6, 6.07) is 6.20. The number of pyridine rings is 1. The lowest BCUT2D eigenvalue weighted by atomic mass is 10.3. The lowest BCUT2D eigenvalue weighted by Crippen LogP contribution is -2.02. The van der Waals surface area contributed by atoms with Gasteiger partial charge in [0.15, 0.2) is 0 Å². The highest BCUT2D eigenvalue weighted by Gasteiger charge is 1.97. The molecular weight excluding hydrogens is 204 g/mol. The van der Waals surface area contributed by atoms with Gasteiger partial charge in [-0.25, -0.2) is 4.98 Å². The number of anilines is 1. The van der Waals surface area contributed by atoms with Gasteiger partial charge < -0.3 is 5.32 Å². The lowest BCUT2D eigenvalue weighted by molar-refractivity contribution is 0.965. The molecule has 15 heavy (non-hydrogen) atoms. The molecule has 0 saturated heterocycles. The maximum absolute atomic E-state index is 4.55. The van der Waals surface area contributed by atoms with Crippen LogP contribution in [0, 0.1) is 0 Å². The SMILES string of the molecule is CCCNc1cccc(CSCCC)n1. The minimum Gasteiger partial charge on any atom is -0.370 e. The standard InChI is InChI=1S/C12H20N2S/c1-3-8-13-12-7-5-6-11(14-12)10-15-9-4-2/h5-7H,3-4,8-10H2,1-2H3,(H,13,14). The van der Waals surface area contributed by atoms with E-state index < -0.39 is 0 Å². The first-order valence-electron chi connectivity index (χ1n) is 5.64. The molecule has 0 atom stereocenters. The van der Waals surface area contributed by atoms with Crippen molar-refractivity contribution in [2.24, 2.45) is 0 Å². The molecule has 2 nitrogen and oxygen atoms in total. The van der Waals surface area contributed by atoms with Crippen LogP contribution in [-0.4, -0.2) is 17.3 Å². The van der Waals surface area contributed by atoms with Gasteiger partial charge in [-0.1, -0.05) is 19.9 Å². The second-order valence-electron chi connectivity index (χ2n) is 3.49. The molecule has 1 N–H and O–H groups in total. The Morgan fingerprint density at radius 2 is 2.13 bits per heavy atom. The van der Waals surface area contributed by atoms with Crippen molar-refractivity contribution in [1.82, 2.24) is 4.98 Å². The highest BCUT2D eigenvalue weighted by molar-refractivity contribution is 7.98. The smallest absolute Gasteiger partial charge is 0.126 e. The number of rotatable bonds is 7. The molecule has 0 saturated carbocycles. The third-order valence-electron chi connectivity index (χ3n) is 1.96. The van der Waals surface area contributed by atoms with E-state index in [1.54, 1.807) is 0 Å². The zero-order valence-corrected chi connectivity index (χ0v) is 10.4. The third-order valence-corrected chi connectivity index (χ3v) is 3.16. The Bertz CT molecular complexity index is 276. The highest BCUT2D eigenvalue weighted by Crippen LogP contribution is 2.13. The van der Waals surface area contributed by atoms with Gasteiger partial charge in [-0.05, 0) is 30.7 Å². The molecule has 0 bridgehead atoms. The quantitative estimate of drug-likeness (QED) is 0.717. The van der Waals surface area contributed by atoms with Crippen molar-refractivity contribution in [3.05, 3.63) is 23.9 Å². The van der Waals surface area contributed by atoms with E-state index in [1.807, 2.05) is 17.8 Å². The van der Waals surface area contributed by atoms with E-state index in [2.05, 4.69) is 36.3 Å². The minimum absolute atomic E-state index is 0.999. The van der Waals surface area contributed by atoms with Crippen LogP contribution in [0.5, 0.6) is 0 Å². The lowest BCUT2D eigenvalue weighted by Gasteiger charge is -2.05. The third kappa shape index (κ3) is 5.07. The van der Waals surface area contributed by atoms with Gasteiger partial charge in [-0.15, -0.1) is 0 Å². The fourth-order valence-electron chi connectivity index (χ4n) is 1.23. The summed E-state index contributed by atoms with van der Waals surface area (Å²) in [5.41, 5.74) is 1.18. The van der Waals surface area contributed by atoms with Gasteiger partial charge in [0.25, 0.3) is 0 Å². The van der Waals surface area contributed by atoms with Gasteiger partial charge >= 0.3 is 0 Å². The first kappa shape index (κ1) is 12.4. The molecule has 0 aliphatic rings. The van der Waals surface area contributed by atoms with Crippen LogP contribution in [-0.2, 0) is 5.75 Å².